The van der Waals surface area contributed by atoms with Crippen LogP contribution in [0.2, 0.25) is 5.02 Å². The van der Waals surface area contributed by atoms with E-state index < -0.39 is 0 Å². The molecule has 2 aromatic rings. The summed E-state index contributed by atoms with van der Waals surface area (Å²) >= 11 is 6.53. The summed E-state index contributed by atoms with van der Waals surface area (Å²) in [5.41, 5.74) is 8.56. The number of halogens is 1. The highest BCUT2D eigenvalue weighted by Crippen LogP contribution is 2.47. The van der Waals surface area contributed by atoms with Gasteiger partial charge in [-0.1, -0.05) is 25.4 Å². The van der Waals surface area contributed by atoms with Crippen LogP contribution in [0, 0.1) is 0 Å². The summed E-state index contributed by atoms with van der Waals surface area (Å²) in [7, 11) is 1.81. The van der Waals surface area contributed by atoms with Crippen molar-refractivity contribution in [3.05, 3.63) is 22.7 Å². The fraction of sp³-hybridized carbons (Fsp3) is 0.438. The van der Waals surface area contributed by atoms with Crippen molar-refractivity contribution in [1.82, 2.24) is 9.78 Å². The summed E-state index contributed by atoms with van der Waals surface area (Å²) in [6.45, 7) is 5.49. The van der Waals surface area contributed by atoms with Crippen molar-refractivity contribution in [3.63, 3.8) is 0 Å². The fourth-order valence-electron chi connectivity index (χ4n) is 2.71. The number of aromatic nitrogens is 2. The summed E-state index contributed by atoms with van der Waals surface area (Å²) in [6.07, 6.45) is 0.857. The van der Waals surface area contributed by atoms with Gasteiger partial charge in [0.05, 0.1) is 23.9 Å². The zero-order valence-corrected chi connectivity index (χ0v) is 13.8. The second kappa shape index (κ2) is 5.72. The van der Waals surface area contributed by atoms with Gasteiger partial charge in [-0.25, -0.2) is 0 Å². The SMILES string of the molecule is CC(C)c1c2c(cc(Cl)c1-c1cc(N)n(C)n1)OCCCO2. The Kier molecular flexibility index (Phi) is 3.91. The van der Waals surface area contributed by atoms with Gasteiger partial charge in [-0.2, -0.15) is 5.10 Å². The predicted octanol–water partition coefficient (Wildman–Crippen LogP) is 3.61. The molecule has 1 aliphatic heterocycles. The fourth-order valence-corrected chi connectivity index (χ4v) is 3.01. The maximum absolute atomic E-state index is 6.53. The Hall–Kier alpha value is -1.88. The molecule has 2 heterocycles. The van der Waals surface area contributed by atoms with Crippen LogP contribution in [0.4, 0.5) is 5.82 Å². The van der Waals surface area contributed by atoms with Crippen LogP contribution in [-0.2, 0) is 7.05 Å². The van der Waals surface area contributed by atoms with Crippen LogP contribution in [0.15, 0.2) is 12.1 Å². The first-order chi connectivity index (χ1) is 10.5. The molecular formula is C16H20ClN3O2. The molecule has 118 valence electrons. The van der Waals surface area contributed by atoms with Crippen molar-refractivity contribution >= 4 is 17.4 Å². The van der Waals surface area contributed by atoms with Crippen molar-refractivity contribution in [2.75, 3.05) is 18.9 Å². The van der Waals surface area contributed by atoms with Crippen LogP contribution < -0.4 is 15.2 Å². The number of ether oxygens (including phenoxy) is 2. The highest BCUT2D eigenvalue weighted by molar-refractivity contribution is 6.33. The van der Waals surface area contributed by atoms with Crippen molar-refractivity contribution in [2.24, 2.45) is 7.05 Å². The van der Waals surface area contributed by atoms with Gasteiger partial charge in [-0.05, 0) is 5.92 Å². The van der Waals surface area contributed by atoms with E-state index in [0.717, 1.165) is 29.0 Å². The standard InChI is InChI=1S/C16H20ClN3O2/c1-9(2)14-15(11-8-13(18)20(3)19-11)10(17)7-12-16(14)22-6-4-5-21-12/h7-9H,4-6,18H2,1-3H3. The summed E-state index contributed by atoms with van der Waals surface area (Å²) < 4.78 is 13.4. The molecule has 0 spiro atoms. The molecule has 0 radical (unpaired) electrons. The number of nitrogens with zero attached hydrogens (tertiary/aromatic N) is 2. The molecule has 0 saturated carbocycles. The van der Waals surface area contributed by atoms with Gasteiger partial charge < -0.3 is 15.2 Å². The van der Waals surface area contributed by atoms with Gasteiger partial charge in [0, 0.05) is 36.7 Å². The Labute approximate surface area is 135 Å². The van der Waals surface area contributed by atoms with Crippen molar-refractivity contribution in [3.8, 4) is 22.8 Å². The van der Waals surface area contributed by atoms with E-state index in [2.05, 4.69) is 18.9 Å². The first-order valence-electron chi connectivity index (χ1n) is 7.41. The number of hydrogen-bond donors (Lipinski definition) is 1. The number of hydrogen-bond acceptors (Lipinski definition) is 4. The Bertz CT molecular complexity index is 690. The first kappa shape index (κ1) is 15.0. The van der Waals surface area contributed by atoms with E-state index in [-0.39, 0.29) is 5.92 Å². The van der Waals surface area contributed by atoms with E-state index in [9.17, 15) is 0 Å². The van der Waals surface area contributed by atoms with E-state index >= 15 is 0 Å². The summed E-state index contributed by atoms with van der Waals surface area (Å²) in [6, 6.07) is 3.64. The third-order valence-corrected chi connectivity index (χ3v) is 4.07. The molecule has 0 bridgehead atoms. The molecule has 5 nitrogen and oxygen atoms in total. The van der Waals surface area contributed by atoms with Gasteiger partial charge in [-0.3, -0.25) is 4.68 Å². The number of nitrogens with two attached hydrogens (primary N) is 1. The van der Waals surface area contributed by atoms with Gasteiger partial charge in [0.1, 0.15) is 5.82 Å². The Morgan fingerprint density at radius 1 is 1.27 bits per heavy atom. The van der Waals surface area contributed by atoms with Gasteiger partial charge in [0.2, 0.25) is 0 Å². The topological polar surface area (TPSA) is 62.3 Å². The Balaban J connectivity index is 2.27. The quantitative estimate of drug-likeness (QED) is 0.918. The smallest absolute Gasteiger partial charge is 0.165 e. The maximum Gasteiger partial charge on any atom is 0.165 e. The molecule has 3 rings (SSSR count). The zero-order valence-electron chi connectivity index (χ0n) is 13.0. The lowest BCUT2D eigenvalue weighted by Gasteiger charge is -2.20. The molecular weight excluding hydrogens is 302 g/mol. The van der Waals surface area contributed by atoms with Crippen molar-refractivity contribution in [1.29, 1.82) is 0 Å². The molecule has 0 unspecified atom stereocenters. The molecule has 0 saturated heterocycles. The maximum atomic E-state index is 6.53. The van der Waals surface area contributed by atoms with Gasteiger partial charge in [0.25, 0.3) is 0 Å². The summed E-state index contributed by atoms with van der Waals surface area (Å²) in [5, 5.41) is 5.07. The van der Waals surface area contributed by atoms with Crippen LogP contribution in [-0.4, -0.2) is 23.0 Å². The molecule has 0 amide bonds. The molecule has 6 heteroatoms. The minimum absolute atomic E-state index is 0.215. The lowest BCUT2D eigenvalue weighted by atomic mass is 9.93. The zero-order chi connectivity index (χ0) is 15.9. The average Bonchev–Trinajstić information content (AvgIpc) is 2.66. The lowest BCUT2D eigenvalue weighted by Crippen LogP contribution is -2.03. The monoisotopic (exact) mass is 321 g/mol. The second-order valence-electron chi connectivity index (χ2n) is 5.76. The molecule has 0 aliphatic carbocycles. The second-order valence-corrected chi connectivity index (χ2v) is 6.16. The van der Waals surface area contributed by atoms with Gasteiger partial charge >= 0.3 is 0 Å². The highest BCUT2D eigenvalue weighted by atomic mass is 35.5. The van der Waals surface area contributed by atoms with Crippen LogP contribution in [0.5, 0.6) is 11.5 Å². The highest BCUT2D eigenvalue weighted by Gasteiger charge is 2.25. The Morgan fingerprint density at radius 3 is 2.64 bits per heavy atom. The summed E-state index contributed by atoms with van der Waals surface area (Å²) in [5.74, 6) is 2.29. The van der Waals surface area contributed by atoms with Crippen LogP contribution >= 0.6 is 11.6 Å². The van der Waals surface area contributed by atoms with Crippen LogP contribution in [0.1, 0.15) is 31.7 Å². The minimum Gasteiger partial charge on any atom is -0.489 e. The molecule has 2 N–H and O–H groups in total. The molecule has 0 atom stereocenters. The molecule has 1 aromatic heterocycles. The van der Waals surface area contributed by atoms with Crippen molar-refractivity contribution < 1.29 is 9.47 Å². The van der Waals surface area contributed by atoms with E-state index in [0.29, 0.717) is 29.8 Å². The number of rotatable bonds is 2. The minimum atomic E-state index is 0.215. The number of anilines is 1. The molecule has 22 heavy (non-hydrogen) atoms. The number of nitrogen functional groups attached to an aromatic ring is 1. The normalized spacial score (nSPS) is 14.2. The lowest BCUT2D eigenvalue weighted by molar-refractivity contribution is 0.296. The first-order valence-corrected chi connectivity index (χ1v) is 7.78. The van der Waals surface area contributed by atoms with E-state index in [4.69, 9.17) is 26.8 Å². The van der Waals surface area contributed by atoms with Crippen molar-refractivity contribution in [2.45, 2.75) is 26.2 Å². The van der Waals surface area contributed by atoms with E-state index in [1.165, 1.54) is 0 Å². The Morgan fingerprint density at radius 2 is 2.00 bits per heavy atom. The molecule has 1 aromatic carbocycles. The number of fused-ring (bicyclic) bond motifs is 1. The third-order valence-electron chi connectivity index (χ3n) is 3.78. The van der Waals surface area contributed by atoms with Gasteiger partial charge in [0.15, 0.2) is 11.5 Å². The predicted molar refractivity (Wildman–Crippen MR) is 87.8 cm³/mol. The van der Waals surface area contributed by atoms with Crippen LogP contribution in [0.3, 0.4) is 0 Å². The van der Waals surface area contributed by atoms with Gasteiger partial charge in [-0.15, -0.1) is 0 Å². The molecule has 0 fully saturated rings. The largest absolute Gasteiger partial charge is 0.489 e. The summed E-state index contributed by atoms with van der Waals surface area (Å²) in [4.78, 5) is 0. The molecule has 1 aliphatic rings. The van der Waals surface area contributed by atoms with E-state index in [1.54, 1.807) is 4.68 Å². The van der Waals surface area contributed by atoms with Crippen LogP contribution in [0.25, 0.3) is 11.3 Å². The number of benzene rings is 1. The third kappa shape index (κ3) is 2.50. The average molecular weight is 322 g/mol. The van der Waals surface area contributed by atoms with E-state index in [1.807, 2.05) is 19.2 Å². The number of aryl methyl sites for hydroxylation is 1.